The van der Waals surface area contributed by atoms with Gasteiger partial charge in [0, 0.05) is 17.4 Å². The van der Waals surface area contributed by atoms with E-state index >= 15 is 0 Å². The fourth-order valence-corrected chi connectivity index (χ4v) is 3.37. The minimum absolute atomic E-state index is 0.149. The third-order valence-corrected chi connectivity index (χ3v) is 4.66. The molecule has 0 bridgehead atoms. The maximum Gasteiger partial charge on any atom is 0.340 e. The van der Waals surface area contributed by atoms with Gasteiger partial charge in [-0.1, -0.05) is 30.3 Å². The third kappa shape index (κ3) is 5.31. The van der Waals surface area contributed by atoms with Gasteiger partial charge in [0.1, 0.15) is 0 Å². The Bertz CT molecular complexity index is 853. The van der Waals surface area contributed by atoms with Crippen molar-refractivity contribution in [2.45, 2.75) is 53.1 Å². The molecule has 28 heavy (non-hydrogen) atoms. The van der Waals surface area contributed by atoms with Gasteiger partial charge < -0.3 is 14.6 Å². The quantitative estimate of drug-likeness (QED) is 0.709. The molecule has 150 valence electrons. The van der Waals surface area contributed by atoms with Crippen molar-refractivity contribution in [2.24, 2.45) is 0 Å². The predicted molar refractivity (Wildman–Crippen MR) is 107 cm³/mol. The summed E-state index contributed by atoms with van der Waals surface area (Å²) >= 11 is 0. The monoisotopic (exact) mass is 384 g/mol. The molecule has 1 heterocycles. The molecule has 6 nitrogen and oxygen atoms in total. The van der Waals surface area contributed by atoms with Gasteiger partial charge in [0.15, 0.2) is 12.4 Å². The molecule has 0 unspecified atom stereocenters. The van der Waals surface area contributed by atoms with E-state index in [0.717, 1.165) is 17.0 Å². The van der Waals surface area contributed by atoms with Crippen molar-refractivity contribution in [3.63, 3.8) is 0 Å². The van der Waals surface area contributed by atoms with Gasteiger partial charge in [-0.05, 0) is 52.7 Å². The number of hydrogen-bond donors (Lipinski definition) is 1. The van der Waals surface area contributed by atoms with Gasteiger partial charge in [-0.25, -0.2) is 4.79 Å². The summed E-state index contributed by atoms with van der Waals surface area (Å²) in [5.74, 6) is -1.19. The van der Waals surface area contributed by atoms with Gasteiger partial charge in [0.05, 0.1) is 11.6 Å². The second-order valence-electron chi connectivity index (χ2n) is 7.25. The number of nitrogens with one attached hydrogen (secondary N) is 1. The number of amides is 1. The first kappa shape index (κ1) is 21.4. The van der Waals surface area contributed by atoms with Gasteiger partial charge in [-0.2, -0.15) is 0 Å². The minimum Gasteiger partial charge on any atom is -0.452 e. The van der Waals surface area contributed by atoms with E-state index in [1.807, 2.05) is 62.6 Å². The van der Waals surface area contributed by atoms with Gasteiger partial charge in [-0.3, -0.25) is 9.59 Å². The highest BCUT2D eigenvalue weighted by molar-refractivity contribution is 5.93. The lowest BCUT2D eigenvalue weighted by molar-refractivity contribution is -0.128. The first-order valence-corrected chi connectivity index (χ1v) is 9.40. The van der Waals surface area contributed by atoms with Crippen molar-refractivity contribution in [3.05, 3.63) is 58.9 Å². The van der Waals surface area contributed by atoms with Crippen molar-refractivity contribution in [3.8, 4) is 0 Å². The molecular formula is C22H28N2O4. The maximum absolute atomic E-state index is 12.4. The van der Waals surface area contributed by atoms with Crippen LogP contribution in [0.15, 0.2) is 36.4 Å². The van der Waals surface area contributed by atoms with E-state index < -0.39 is 24.5 Å². The van der Waals surface area contributed by atoms with Crippen molar-refractivity contribution in [2.75, 3.05) is 6.61 Å². The van der Waals surface area contributed by atoms with Crippen LogP contribution in [0.2, 0.25) is 0 Å². The van der Waals surface area contributed by atoms with E-state index in [9.17, 15) is 14.4 Å². The molecular weight excluding hydrogens is 356 g/mol. The second-order valence-corrected chi connectivity index (χ2v) is 7.25. The summed E-state index contributed by atoms with van der Waals surface area (Å²) < 4.78 is 7.22. The molecule has 0 fully saturated rings. The maximum atomic E-state index is 12.4. The summed E-state index contributed by atoms with van der Waals surface area (Å²) in [6.07, 6.45) is 0.394. The lowest BCUT2D eigenvalue weighted by Crippen LogP contribution is -2.43. The molecule has 1 aromatic carbocycles. The van der Waals surface area contributed by atoms with Gasteiger partial charge in [0.2, 0.25) is 0 Å². The lowest BCUT2D eigenvalue weighted by Gasteiger charge is -2.16. The molecule has 1 atom stereocenters. The first-order chi connectivity index (χ1) is 13.2. The van der Waals surface area contributed by atoms with Crippen LogP contribution in [0.1, 0.15) is 54.1 Å². The molecule has 2 rings (SSSR count). The van der Waals surface area contributed by atoms with Crippen LogP contribution in [0, 0.1) is 13.8 Å². The molecule has 0 aliphatic heterocycles. The highest BCUT2D eigenvalue weighted by Crippen LogP contribution is 2.20. The van der Waals surface area contributed by atoms with Gasteiger partial charge in [0.25, 0.3) is 5.91 Å². The normalized spacial score (nSPS) is 11.9. The number of ether oxygens (including phenoxy) is 1. The van der Waals surface area contributed by atoms with E-state index in [1.54, 1.807) is 6.07 Å². The molecule has 0 radical (unpaired) electrons. The van der Waals surface area contributed by atoms with Crippen molar-refractivity contribution in [1.29, 1.82) is 0 Å². The molecule has 1 aromatic heterocycles. The Morgan fingerprint density at radius 2 is 1.75 bits per heavy atom. The Labute approximate surface area is 165 Å². The topological polar surface area (TPSA) is 77.4 Å². The average molecular weight is 384 g/mol. The molecule has 0 saturated heterocycles. The van der Waals surface area contributed by atoms with Crippen molar-refractivity contribution < 1.29 is 19.1 Å². The number of esters is 1. The van der Waals surface area contributed by atoms with E-state index in [-0.39, 0.29) is 11.8 Å². The van der Waals surface area contributed by atoms with Crippen LogP contribution in [0.5, 0.6) is 0 Å². The van der Waals surface area contributed by atoms with E-state index in [0.29, 0.717) is 12.0 Å². The van der Waals surface area contributed by atoms with Crippen LogP contribution in [0.25, 0.3) is 0 Å². The Morgan fingerprint density at radius 3 is 2.29 bits per heavy atom. The van der Waals surface area contributed by atoms with Gasteiger partial charge in [-0.15, -0.1) is 0 Å². The largest absolute Gasteiger partial charge is 0.452 e. The molecule has 6 heteroatoms. The van der Waals surface area contributed by atoms with Crippen LogP contribution < -0.4 is 5.32 Å². The van der Waals surface area contributed by atoms with Crippen LogP contribution in [0.4, 0.5) is 0 Å². The average Bonchev–Trinajstić information content (AvgIpc) is 2.94. The molecule has 1 amide bonds. The number of hydrogen-bond acceptors (Lipinski definition) is 4. The molecule has 0 saturated carbocycles. The fraction of sp³-hybridized carbons (Fsp3) is 0.409. The molecule has 0 aliphatic rings. The number of Topliss-reactive ketones (excluding diaryl/α,β-unsaturated/α-hetero) is 1. The Kier molecular flexibility index (Phi) is 7.15. The zero-order valence-corrected chi connectivity index (χ0v) is 17.1. The highest BCUT2D eigenvalue weighted by atomic mass is 16.5. The summed E-state index contributed by atoms with van der Waals surface area (Å²) in [6, 6.07) is 10.8. The molecule has 0 spiro atoms. The van der Waals surface area contributed by atoms with E-state index in [2.05, 4.69) is 5.32 Å². The second kappa shape index (κ2) is 9.35. The molecule has 2 aromatic rings. The Balaban J connectivity index is 1.96. The van der Waals surface area contributed by atoms with Crippen molar-refractivity contribution in [1.82, 2.24) is 9.88 Å². The predicted octanol–water partition coefficient (Wildman–Crippen LogP) is 3.16. The van der Waals surface area contributed by atoms with Gasteiger partial charge >= 0.3 is 5.97 Å². The summed E-state index contributed by atoms with van der Waals surface area (Å²) in [5.41, 5.74) is 3.17. The number of ketones is 1. The number of nitrogens with zero attached hydrogens (tertiary/aromatic N) is 1. The van der Waals surface area contributed by atoms with E-state index in [1.165, 1.54) is 6.92 Å². The number of aromatic nitrogens is 1. The smallest absolute Gasteiger partial charge is 0.340 e. The van der Waals surface area contributed by atoms with Crippen LogP contribution in [-0.2, 0) is 20.7 Å². The zero-order chi connectivity index (χ0) is 20.8. The Morgan fingerprint density at radius 1 is 1.11 bits per heavy atom. The van der Waals surface area contributed by atoms with Crippen LogP contribution >= 0.6 is 0 Å². The van der Waals surface area contributed by atoms with Crippen molar-refractivity contribution >= 4 is 17.7 Å². The van der Waals surface area contributed by atoms with Crippen LogP contribution in [-0.4, -0.2) is 34.9 Å². The summed E-state index contributed by atoms with van der Waals surface area (Å²) in [6.45, 7) is 8.87. The summed E-state index contributed by atoms with van der Waals surface area (Å²) in [4.78, 5) is 36.5. The Hall–Kier alpha value is -2.89. The molecule has 0 aliphatic carbocycles. The molecule has 1 N–H and O–H groups in total. The lowest BCUT2D eigenvalue weighted by atomic mass is 10.0. The van der Waals surface area contributed by atoms with Crippen LogP contribution in [0.3, 0.4) is 0 Å². The fourth-order valence-electron chi connectivity index (χ4n) is 3.37. The zero-order valence-electron chi connectivity index (χ0n) is 17.1. The number of rotatable bonds is 8. The standard InChI is InChI=1S/C22H28N2O4/c1-14(2)24-15(3)11-19(16(24)4)22(27)28-13-21(26)23-20(17(5)25)12-18-9-7-6-8-10-18/h6-11,14,20H,12-13H2,1-5H3,(H,23,26)/t20-/m1/s1. The van der Waals surface area contributed by atoms with E-state index in [4.69, 9.17) is 4.74 Å². The minimum atomic E-state index is -0.653. The third-order valence-electron chi connectivity index (χ3n) is 4.66. The SMILES string of the molecule is CC(=O)[C@@H](Cc1ccccc1)NC(=O)COC(=O)c1cc(C)n(C(C)C)c1C. The highest BCUT2D eigenvalue weighted by Gasteiger charge is 2.21. The number of benzene rings is 1. The summed E-state index contributed by atoms with van der Waals surface area (Å²) in [7, 11) is 0. The first-order valence-electron chi connectivity index (χ1n) is 9.40. The number of carbonyl (C=O) groups excluding carboxylic acids is 3. The number of aryl methyl sites for hydroxylation is 1. The summed E-state index contributed by atoms with van der Waals surface area (Å²) in [5, 5.41) is 2.65. The number of carbonyl (C=O) groups is 3.